The molecule has 0 bridgehead atoms. The van der Waals surface area contributed by atoms with Crippen LogP contribution in [0.4, 0.5) is 5.69 Å². The van der Waals surface area contributed by atoms with Gasteiger partial charge in [-0.15, -0.1) is 0 Å². The number of benzene rings is 1. The summed E-state index contributed by atoms with van der Waals surface area (Å²) < 4.78 is 5.10. The van der Waals surface area contributed by atoms with E-state index < -0.39 is 0 Å². The van der Waals surface area contributed by atoms with Crippen molar-refractivity contribution in [3.8, 4) is 5.75 Å². The molecule has 12 heavy (non-hydrogen) atoms. The molecule has 0 atom stereocenters. The van der Waals surface area contributed by atoms with E-state index in [9.17, 15) is 0 Å². The summed E-state index contributed by atoms with van der Waals surface area (Å²) in [5.41, 5.74) is 6.00. The molecular weight excluding hydrogens is 178 g/mol. The van der Waals surface area contributed by atoms with Gasteiger partial charge in [0.2, 0.25) is 0 Å². The van der Waals surface area contributed by atoms with Gasteiger partial charge >= 0.3 is 0 Å². The first-order chi connectivity index (χ1) is 5.74. The van der Waals surface area contributed by atoms with E-state index in [0.29, 0.717) is 16.5 Å². The minimum Gasteiger partial charge on any atom is -0.491 e. The number of aliphatic hydroxyl groups is 1. The van der Waals surface area contributed by atoms with Crippen LogP contribution in [0.5, 0.6) is 5.75 Å². The van der Waals surface area contributed by atoms with Crippen molar-refractivity contribution in [2.45, 2.75) is 0 Å². The smallest absolute Gasteiger partial charge is 0.121 e. The summed E-state index contributed by atoms with van der Waals surface area (Å²) in [7, 11) is 0. The van der Waals surface area contributed by atoms with Gasteiger partial charge in [0.25, 0.3) is 0 Å². The molecule has 1 rings (SSSR count). The van der Waals surface area contributed by atoms with Gasteiger partial charge in [0, 0.05) is 6.07 Å². The lowest BCUT2D eigenvalue weighted by Gasteiger charge is -2.05. The molecule has 0 aromatic heterocycles. The first-order valence-electron chi connectivity index (χ1n) is 3.52. The Morgan fingerprint density at radius 3 is 2.83 bits per heavy atom. The van der Waals surface area contributed by atoms with E-state index in [1.807, 2.05) is 0 Å². The fraction of sp³-hybridized carbons (Fsp3) is 0.250. The molecule has 3 N–H and O–H groups in total. The molecule has 1 aromatic rings. The third-order valence-corrected chi connectivity index (χ3v) is 1.67. The quantitative estimate of drug-likeness (QED) is 0.702. The van der Waals surface area contributed by atoms with E-state index in [1.54, 1.807) is 18.2 Å². The largest absolute Gasteiger partial charge is 0.491 e. The van der Waals surface area contributed by atoms with Crippen molar-refractivity contribution < 1.29 is 9.84 Å². The predicted molar refractivity (Wildman–Crippen MR) is 48.4 cm³/mol. The number of halogens is 1. The molecular formula is C8H10ClNO2. The lowest BCUT2D eigenvalue weighted by molar-refractivity contribution is 0.201. The zero-order chi connectivity index (χ0) is 8.97. The van der Waals surface area contributed by atoms with Crippen molar-refractivity contribution in [3.05, 3.63) is 23.2 Å². The summed E-state index contributed by atoms with van der Waals surface area (Å²) in [6.45, 7) is 0.254. The number of nitrogens with two attached hydrogens (primary N) is 1. The van der Waals surface area contributed by atoms with Gasteiger partial charge in [-0.05, 0) is 12.1 Å². The molecule has 0 aliphatic heterocycles. The van der Waals surface area contributed by atoms with Crippen molar-refractivity contribution >= 4 is 17.3 Å². The standard InChI is InChI=1S/C8H10ClNO2/c9-7-2-1-6(5-8(7)10)12-4-3-11/h1-2,5,11H,3-4,10H2. The fourth-order valence-corrected chi connectivity index (χ4v) is 0.893. The van der Waals surface area contributed by atoms with Gasteiger partial charge in [-0.1, -0.05) is 11.6 Å². The Morgan fingerprint density at radius 2 is 2.25 bits per heavy atom. The van der Waals surface area contributed by atoms with E-state index in [0.717, 1.165) is 0 Å². The number of rotatable bonds is 3. The Hall–Kier alpha value is -0.930. The van der Waals surface area contributed by atoms with Crippen LogP contribution in [0, 0.1) is 0 Å². The maximum atomic E-state index is 8.47. The third kappa shape index (κ3) is 2.29. The number of nitrogen functional groups attached to an aromatic ring is 1. The van der Waals surface area contributed by atoms with E-state index in [-0.39, 0.29) is 13.2 Å². The molecule has 3 nitrogen and oxygen atoms in total. The van der Waals surface area contributed by atoms with Gasteiger partial charge in [-0.2, -0.15) is 0 Å². The van der Waals surface area contributed by atoms with Crippen molar-refractivity contribution in [2.75, 3.05) is 18.9 Å². The SMILES string of the molecule is Nc1cc(OCCO)ccc1Cl. The second-order valence-corrected chi connectivity index (χ2v) is 2.66. The van der Waals surface area contributed by atoms with E-state index in [4.69, 9.17) is 27.2 Å². The number of aliphatic hydroxyl groups excluding tert-OH is 1. The summed E-state index contributed by atoms with van der Waals surface area (Å²) in [5, 5.41) is 8.98. The Bertz CT molecular complexity index is 265. The molecule has 66 valence electrons. The molecule has 0 aliphatic carbocycles. The summed E-state index contributed by atoms with van der Waals surface area (Å²) in [5.74, 6) is 0.617. The van der Waals surface area contributed by atoms with Crippen molar-refractivity contribution in [3.63, 3.8) is 0 Å². The van der Waals surface area contributed by atoms with Gasteiger partial charge in [-0.3, -0.25) is 0 Å². The Balaban J connectivity index is 2.69. The Labute approximate surface area is 75.7 Å². The highest BCUT2D eigenvalue weighted by Gasteiger charge is 1.97. The molecule has 4 heteroatoms. The molecule has 0 heterocycles. The number of hydrogen-bond donors (Lipinski definition) is 2. The van der Waals surface area contributed by atoms with Crippen molar-refractivity contribution in [1.29, 1.82) is 0 Å². The summed E-state index contributed by atoms with van der Waals surface area (Å²) in [4.78, 5) is 0. The van der Waals surface area contributed by atoms with Crippen LogP contribution in [0.25, 0.3) is 0 Å². The number of anilines is 1. The van der Waals surface area contributed by atoms with Crippen LogP contribution < -0.4 is 10.5 Å². The average Bonchev–Trinajstić information content (AvgIpc) is 2.07. The predicted octanol–water partition coefficient (Wildman–Crippen LogP) is 1.29. The second-order valence-electron chi connectivity index (χ2n) is 2.26. The molecule has 1 aromatic carbocycles. The molecule has 0 fully saturated rings. The minimum atomic E-state index is -0.0114. The van der Waals surface area contributed by atoms with Crippen LogP contribution in [-0.4, -0.2) is 18.3 Å². The summed E-state index contributed by atoms with van der Waals surface area (Å²) in [6, 6.07) is 4.98. The molecule has 0 amide bonds. The molecule has 0 unspecified atom stereocenters. The Morgan fingerprint density at radius 1 is 1.50 bits per heavy atom. The molecule has 0 saturated heterocycles. The van der Waals surface area contributed by atoms with Crippen LogP contribution in [-0.2, 0) is 0 Å². The van der Waals surface area contributed by atoms with Crippen molar-refractivity contribution in [2.24, 2.45) is 0 Å². The lowest BCUT2D eigenvalue weighted by Crippen LogP contribution is -2.01. The van der Waals surface area contributed by atoms with Gasteiger partial charge in [-0.25, -0.2) is 0 Å². The monoisotopic (exact) mass is 187 g/mol. The number of hydrogen-bond acceptors (Lipinski definition) is 3. The van der Waals surface area contributed by atoms with Gasteiger partial charge in [0.05, 0.1) is 17.3 Å². The van der Waals surface area contributed by atoms with Crippen LogP contribution in [0.2, 0.25) is 5.02 Å². The van der Waals surface area contributed by atoms with Crippen LogP contribution in [0.1, 0.15) is 0 Å². The highest BCUT2D eigenvalue weighted by atomic mass is 35.5. The molecule has 0 aliphatic rings. The average molecular weight is 188 g/mol. The summed E-state index contributed by atoms with van der Waals surface area (Å²) >= 11 is 5.68. The van der Waals surface area contributed by atoms with E-state index >= 15 is 0 Å². The maximum absolute atomic E-state index is 8.47. The van der Waals surface area contributed by atoms with Crippen LogP contribution in [0.3, 0.4) is 0 Å². The lowest BCUT2D eigenvalue weighted by atomic mass is 10.3. The van der Waals surface area contributed by atoms with E-state index in [1.165, 1.54) is 0 Å². The molecule has 0 saturated carbocycles. The molecule has 0 radical (unpaired) electrons. The normalized spacial score (nSPS) is 9.83. The van der Waals surface area contributed by atoms with Gasteiger partial charge in [0.15, 0.2) is 0 Å². The van der Waals surface area contributed by atoms with Gasteiger partial charge in [0.1, 0.15) is 12.4 Å². The highest BCUT2D eigenvalue weighted by Crippen LogP contribution is 2.23. The molecule has 0 spiro atoms. The van der Waals surface area contributed by atoms with Crippen LogP contribution in [0.15, 0.2) is 18.2 Å². The number of ether oxygens (including phenoxy) is 1. The van der Waals surface area contributed by atoms with Crippen molar-refractivity contribution in [1.82, 2.24) is 0 Å². The Kier molecular flexibility index (Phi) is 3.19. The zero-order valence-electron chi connectivity index (χ0n) is 6.46. The third-order valence-electron chi connectivity index (χ3n) is 1.33. The summed E-state index contributed by atoms with van der Waals surface area (Å²) in [6.07, 6.45) is 0. The van der Waals surface area contributed by atoms with E-state index in [2.05, 4.69) is 0 Å². The highest BCUT2D eigenvalue weighted by molar-refractivity contribution is 6.33. The topological polar surface area (TPSA) is 55.5 Å². The fourth-order valence-electron chi connectivity index (χ4n) is 0.775. The maximum Gasteiger partial charge on any atom is 0.121 e. The minimum absolute atomic E-state index is 0.0114. The second kappa shape index (κ2) is 4.18. The van der Waals surface area contributed by atoms with Gasteiger partial charge < -0.3 is 15.6 Å². The first kappa shape index (κ1) is 9.16. The zero-order valence-corrected chi connectivity index (χ0v) is 7.21. The van der Waals surface area contributed by atoms with Crippen LogP contribution >= 0.6 is 11.6 Å². The first-order valence-corrected chi connectivity index (χ1v) is 3.90.